The van der Waals surface area contributed by atoms with Gasteiger partial charge in [0.25, 0.3) is 0 Å². The van der Waals surface area contributed by atoms with E-state index in [9.17, 15) is 0 Å². The summed E-state index contributed by atoms with van der Waals surface area (Å²) < 4.78 is 1.12. The van der Waals surface area contributed by atoms with Crippen LogP contribution in [-0.4, -0.2) is 6.54 Å². The molecule has 3 heteroatoms. The second-order valence-electron chi connectivity index (χ2n) is 4.84. The third-order valence-electron chi connectivity index (χ3n) is 3.56. The van der Waals surface area contributed by atoms with Crippen LogP contribution in [0, 0.1) is 0 Å². The van der Waals surface area contributed by atoms with Crippen LogP contribution in [-0.2, 0) is 6.54 Å². The fourth-order valence-electron chi connectivity index (χ4n) is 2.58. The van der Waals surface area contributed by atoms with Gasteiger partial charge in [0.2, 0.25) is 0 Å². The largest absolute Gasteiger partial charge is 0.377 e. The van der Waals surface area contributed by atoms with Crippen molar-refractivity contribution in [3.63, 3.8) is 0 Å². The Bertz CT molecular complexity index is 568. The number of hydrogen-bond donors (Lipinski definition) is 2. The Morgan fingerprint density at radius 2 is 1.84 bits per heavy atom. The molecule has 1 heterocycles. The highest BCUT2D eigenvalue weighted by atomic mass is 79.9. The van der Waals surface area contributed by atoms with Gasteiger partial charge in [0.15, 0.2) is 0 Å². The van der Waals surface area contributed by atoms with Gasteiger partial charge in [-0.15, -0.1) is 0 Å². The molecule has 1 aliphatic rings. The minimum absolute atomic E-state index is 0.366. The molecule has 2 aromatic rings. The SMILES string of the molecule is Brc1ccccc1NC1CCNCc2ccccc21. The van der Waals surface area contributed by atoms with Gasteiger partial charge in [-0.3, -0.25) is 0 Å². The standard InChI is InChI=1S/C16H17BrN2/c17-14-7-3-4-8-16(14)19-15-9-10-18-11-12-5-1-2-6-13(12)15/h1-8,15,18-19H,9-11H2. The lowest BCUT2D eigenvalue weighted by Gasteiger charge is -2.21. The van der Waals surface area contributed by atoms with Crippen molar-refractivity contribution >= 4 is 21.6 Å². The number of rotatable bonds is 2. The third-order valence-corrected chi connectivity index (χ3v) is 4.25. The lowest BCUT2D eigenvalue weighted by molar-refractivity contribution is 0.637. The zero-order valence-corrected chi connectivity index (χ0v) is 12.3. The summed E-state index contributed by atoms with van der Waals surface area (Å²) in [6, 6.07) is 17.3. The normalized spacial score (nSPS) is 18.5. The topological polar surface area (TPSA) is 24.1 Å². The smallest absolute Gasteiger partial charge is 0.0529 e. The van der Waals surface area contributed by atoms with Gasteiger partial charge in [0, 0.05) is 16.7 Å². The number of benzene rings is 2. The quantitative estimate of drug-likeness (QED) is 0.871. The van der Waals surface area contributed by atoms with E-state index in [2.05, 4.69) is 69.0 Å². The molecule has 0 bridgehead atoms. The van der Waals surface area contributed by atoms with E-state index >= 15 is 0 Å². The van der Waals surface area contributed by atoms with E-state index in [1.165, 1.54) is 11.1 Å². The summed E-state index contributed by atoms with van der Waals surface area (Å²) in [4.78, 5) is 0. The molecule has 0 aromatic heterocycles. The molecule has 0 fully saturated rings. The van der Waals surface area contributed by atoms with E-state index in [1.54, 1.807) is 0 Å². The van der Waals surface area contributed by atoms with Crippen LogP contribution in [0.3, 0.4) is 0 Å². The molecule has 1 unspecified atom stereocenters. The fourth-order valence-corrected chi connectivity index (χ4v) is 2.98. The maximum absolute atomic E-state index is 3.66. The Kier molecular flexibility index (Phi) is 3.85. The molecule has 19 heavy (non-hydrogen) atoms. The van der Waals surface area contributed by atoms with Gasteiger partial charge in [-0.1, -0.05) is 36.4 Å². The number of nitrogens with one attached hydrogen (secondary N) is 2. The lowest BCUT2D eigenvalue weighted by Crippen LogP contribution is -2.15. The van der Waals surface area contributed by atoms with Gasteiger partial charge >= 0.3 is 0 Å². The zero-order chi connectivity index (χ0) is 13.1. The first-order chi connectivity index (χ1) is 9.34. The molecular formula is C16H17BrN2. The van der Waals surface area contributed by atoms with Gasteiger partial charge in [-0.2, -0.15) is 0 Å². The number of para-hydroxylation sites is 1. The van der Waals surface area contributed by atoms with Crippen LogP contribution in [0.1, 0.15) is 23.6 Å². The van der Waals surface area contributed by atoms with Gasteiger partial charge < -0.3 is 10.6 Å². The predicted octanol–water partition coefficient (Wildman–Crippen LogP) is 4.10. The van der Waals surface area contributed by atoms with Crippen LogP contribution in [0.2, 0.25) is 0 Å². The Morgan fingerprint density at radius 1 is 1.05 bits per heavy atom. The summed E-state index contributed by atoms with van der Waals surface area (Å²) in [7, 11) is 0. The molecule has 2 N–H and O–H groups in total. The molecule has 0 aliphatic carbocycles. The first-order valence-electron chi connectivity index (χ1n) is 6.64. The average molecular weight is 317 g/mol. The van der Waals surface area contributed by atoms with Crippen molar-refractivity contribution in [2.45, 2.75) is 19.0 Å². The number of anilines is 1. The summed E-state index contributed by atoms with van der Waals surface area (Å²) in [5, 5.41) is 7.14. The van der Waals surface area contributed by atoms with Crippen molar-refractivity contribution in [2.24, 2.45) is 0 Å². The number of hydrogen-bond acceptors (Lipinski definition) is 2. The number of fused-ring (bicyclic) bond motifs is 1. The second-order valence-corrected chi connectivity index (χ2v) is 5.70. The van der Waals surface area contributed by atoms with E-state index in [-0.39, 0.29) is 0 Å². The molecule has 0 amide bonds. The number of halogens is 1. The van der Waals surface area contributed by atoms with Crippen molar-refractivity contribution in [3.8, 4) is 0 Å². The van der Waals surface area contributed by atoms with Crippen molar-refractivity contribution in [1.29, 1.82) is 0 Å². The molecule has 1 aliphatic heterocycles. The second kappa shape index (κ2) is 5.76. The van der Waals surface area contributed by atoms with Crippen LogP contribution in [0.4, 0.5) is 5.69 Å². The molecule has 2 nitrogen and oxygen atoms in total. The maximum Gasteiger partial charge on any atom is 0.0529 e. The van der Waals surface area contributed by atoms with Crippen LogP contribution in [0.15, 0.2) is 53.0 Å². The molecule has 0 radical (unpaired) electrons. The molecule has 1 atom stereocenters. The van der Waals surface area contributed by atoms with E-state index in [0.717, 1.165) is 29.7 Å². The summed E-state index contributed by atoms with van der Waals surface area (Å²) in [6.07, 6.45) is 1.10. The average Bonchev–Trinajstić information content (AvgIpc) is 2.64. The zero-order valence-electron chi connectivity index (χ0n) is 10.7. The van der Waals surface area contributed by atoms with Crippen LogP contribution >= 0.6 is 15.9 Å². The van der Waals surface area contributed by atoms with Crippen molar-refractivity contribution in [3.05, 3.63) is 64.1 Å². The van der Waals surface area contributed by atoms with Crippen molar-refractivity contribution in [1.82, 2.24) is 5.32 Å². The minimum atomic E-state index is 0.366. The van der Waals surface area contributed by atoms with E-state index < -0.39 is 0 Å². The highest BCUT2D eigenvalue weighted by molar-refractivity contribution is 9.10. The lowest BCUT2D eigenvalue weighted by atomic mass is 9.99. The Morgan fingerprint density at radius 3 is 2.74 bits per heavy atom. The molecular weight excluding hydrogens is 300 g/mol. The Hall–Kier alpha value is -1.32. The highest BCUT2D eigenvalue weighted by Gasteiger charge is 2.18. The molecule has 0 spiro atoms. The Labute approximate surface area is 122 Å². The Balaban J connectivity index is 1.91. The van der Waals surface area contributed by atoms with Crippen LogP contribution < -0.4 is 10.6 Å². The van der Waals surface area contributed by atoms with Crippen molar-refractivity contribution < 1.29 is 0 Å². The molecule has 0 saturated carbocycles. The molecule has 0 saturated heterocycles. The summed E-state index contributed by atoms with van der Waals surface area (Å²) in [6.45, 7) is 2.00. The van der Waals surface area contributed by atoms with Gasteiger partial charge in [-0.05, 0) is 52.2 Å². The first kappa shape index (κ1) is 12.7. The van der Waals surface area contributed by atoms with Gasteiger partial charge in [-0.25, -0.2) is 0 Å². The van der Waals surface area contributed by atoms with Crippen LogP contribution in [0.5, 0.6) is 0 Å². The van der Waals surface area contributed by atoms with E-state index in [1.807, 2.05) is 6.07 Å². The minimum Gasteiger partial charge on any atom is -0.377 e. The molecule has 2 aromatic carbocycles. The van der Waals surface area contributed by atoms with E-state index in [0.29, 0.717) is 6.04 Å². The third kappa shape index (κ3) is 2.82. The predicted molar refractivity (Wildman–Crippen MR) is 83.3 cm³/mol. The maximum atomic E-state index is 3.66. The van der Waals surface area contributed by atoms with Gasteiger partial charge in [0.1, 0.15) is 0 Å². The summed E-state index contributed by atoms with van der Waals surface area (Å²) in [5.74, 6) is 0. The summed E-state index contributed by atoms with van der Waals surface area (Å²) >= 11 is 3.60. The van der Waals surface area contributed by atoms with Gasteiger partial charge in [0.05, 0.1) is 6.04 Å². The van der Waals surface area contributed by atoms with Crippen molar-refractivity contribution in [2.75, 3.05) is 11.9 Å². The highest BCUT2D eigenvalue weighted by Crippen LogP contribution is 2.30. The first-order valence-corrected chi connectivity index (χ1v) is 7.43. The molecule has 98 valence electrons. The fraction of sp³-hybridized carbons (Fsp3) is 0.250. The van der Waals surface area contributed by atoms with E-state index in [4.69, 9.17) is 0 Å². The monoisotopic (exact) mass is 316 g/mol. The van der Waals surface area contributed by atoms with Crippen LogP contribution in [0.25, 0.3) is 0 Å². The molecule has 3 rings (SSSR count). The summed E-state index contributed by atoms with van der Waals surface area (Å²) in [5.41, 5.74) is 3.96.